The van der Waals surface area contributed by atoms with E-state index >= 15 is 0 Å². The smallest absolute Gasteiger partial charge is 0.305 e. The summed E-state index contributed by atoms with van der Waals surface area (Å²) < 4.78 is 17.3. The summed E-state index contributed by atoms with van der Waals surface area (Å²) in [5.41, 5.74) is 1.62. The highest BCUT2D eigenvalue weighted by Crippen LogP contribution is 2.67. The molecule has 0 aliphatic heterocycles. The number of carbonyl (C=O) groups excluding carboxylic acids is 2. The SMILES string of the molecule is COc1ccc(CO[C@@H]2CC[C@@]3(C)[C@H](CC(=O)[C@@H]4[C@@H]3CC[C@]3(C)[C@@H]([C@H](C)CCC(=O)OCC[Si](C)(C)C)CC[C@@H]43)C2)cc1. The Morgan fingerprint density at radius 3 is 2.40 bits per heavy atom. The number of fused-ring (bicyclic) bond motifs is 5. The summed E-state index contributed by atoms with van der Waals surface area (Å²) in [4.78, 5) is 26.5. The number of rotatable bonds is 11. The lowest BCUT2D eigenvalue weighted by Crippen LogP contribution is -2.57. The molecule has 0 heterocycles. The van der Waals surface area contributed by atoms with E-state index in [-0.39, 0.29) is 28.8 Å². The van der Waals surface area contributed by atoms with E-state index in [0.717, 1.165) is 37.5 Å². The second-order valence-electron chi connectivity index (χ2n) is 16.4. The van der Waals surface area contributed by atoms with Crippen molar-refractivity contribution < 1.29 is 23.8 Å². The third kappa shape index (κ3) is 6.95. The molecular formula is C37H58O5Si. The molecule has 0 N–H and O–H groups in total. The van der Waals surface area contributed by atoms with Crippen LogP contribution < -0.4 is 4.74 Å². The molecule has 0 spiro atoms. The minimum absolute atomic E-state index is 0.0292. The Hall–Kier alpha value is -1.66. The van der Waals surface area contributed by atoms with Crippen LogP contribution in [0.4, 0.5) is 0 Å². The van der Waals surface area contributed by atoms with Gasteiger partial charge < -0.3 is 14.2 Å². The maximum absolute atomic E-state index is 14.0. The van der Waals surface area contributed by atoms with E-state index in [1.165, 1.54) is 37.7 Å². The molecule has 0 saturated heterocycles. The summed E-state index contributed by atoms with van der Waals surface area (Å²) in [6.45, 7) is 15.5. The van der Waals surface area contributed by atoms with Gasteiger partial charge in [0.1, 0.15) is 11.5 Å². The topological polar surface area (TPSA) is 61.8 Å². The Morgan fingerprint density at radius 1 is 1.00 bits per heavy atom. The van der Waals surface area contributed by atoms with E-state index in [0.29, 0.717) is 55.0 Å². The molecule has 1 aromatic carbocycles. The molecule has 240 valence electrons. The Bertz CT molecular complexity index is 1130. The van der Waals surface area contributed by atoms with Crippen LogP contribution in [-0.2, 0) is 25.7 Å². The standard InChI is InChI=1S/C37H58O5Si/c1-25(8-15-34(39)41-20-21-43(5,6)7)30-13-14-31-35-32(17-19-37(30,31)3)36(2)18-16-29(22-27(36)23-33(35)38)42-24-26-9-11-28(40-4)12-10-26/h9-12,25,27,29-32,35H,8,13-24H2,1-7H3/t25-,27+,29-,30-,31+,32+,35+,36+,37-/m1/s1. The van der Waals surface area contributed by atoms with Crippen molar-refractivity contribution in [3.63, 3.8) is 0 Å². The van der Waals surface area contributed by atoms with Gasteiger partial charge in [0.15, 0.2) is 0 Å². The maximum atomic E-state index is 14.0. The van der Waals surface area contributed by atoms with Gasteiger partial charge in [0.25, 0.3) is 0 Å². The van der Waals surface area contributed by atoms with Crippen molar-refractivity contribution >= 4 is 19.8 Å². The highest BCUT2D eigenvalue weighted by atomic mass is 28.3. The molecule has 4 saturated carbocycles. The van der Waals surface area contributed by atoms with Gasteiger partial charge in [-0.3, -0.25) is 9.59 Å². The summed E-state index contributed by atoms with van der Waals surface area (Å²) in [6, 6.07) is 9.18. The van der Waals surface area contributed by atoms with Gasteiger partial charge in [-0.1, -0.05) is 52.5 Å². The maximum Gasteiger partial charge on any atom is 0.305 e. The van der Waals surface area contributed by atoms with Crippen LogP contribution in [0.2, 0.25) is 25.7 Å². The van der Waals surface area contributed by atoms with Crippen LogP contribution >= 0.6 is 0 Å². The Balaban J connectivity index is 1.17. The minimum atomic E-state index is -1.19. The van der Waals surface area contributed by atoms with Crippen molar-refractivity contribution in [3.05, 3.63) is 29.8 Å². The number of methoxy groups -OCH3 is 1. The van der Waals surface area contributed by atoms with E-state index in [4.69, 9.17) is 14.2 Å². The third-order valence-electron chi connectivity index (χ3n) is 12.7. The van der Waals surface area contributed by atoms with Crippen molar-refractivity contribution in [1.82, 2.24) is 0 Å². The highest BCUT2D eigenvalue weighted by molar-refractivity contribution is 6.76. The largest absolute Gasteiger partial charge is 0.497 e. The predicted octanol–water partition coefficient (Wildman–Crippen LogP) is 8.72. The van der Waals surface area contributed by atoms with Crippen molar-refractivity contribution in [2.24, 2.45) is 46.3 Å². The fourth-order valence-electron chi connectivity index (χ4n) is 10.0. The molecular weight excluding hydrogens is 552 g/mol. The lowest BCUT2D eigenvalue weighted by Gasteiger charge is -2.60. The quantitative estimate of drug-likeness (QED) is 0.185. The summed E-state index contributed by atoms with van der Waals surface area (Å²) in [7, 11) is 0.497. The number of ether oxygens (including phenoxy) is 3. The number of hydrogen-bond donors (Lipinski definition) is 0. The fourth-order valence-corrected chi connectivity index (χ4v) is 10.8. The molecule has 4 aliphatic rings. The molecule has 0 amide bonds. The second-order valence-corrected chi connectivity index (χ2v) is 22.1. The third-order valence-corrected chi connectivity index (χ3v) is 14.4. The van der Waals surface area contributed by atoms with Gasteiger partial charge in [-0.15, -0.1) is 0 Å². The molecule has 1 aromatic rings. The molecule has 43 heavy (non-hydrogen) atoms. The van der Waals surface area contributed by atoms with Crippen molar-refractivity contribution in [2.75, 3.05) is 13.7 Å². The number of Topliss-reactive ketones (excluding diaryl/α,β-unsaturated/α-hetero) is 1. The van der Waals surface area contributed by atoms with E-state index in [1.807, 2.05) is 12.1 Å². The molecule has 6 heteroatoms. The molecule has 4 aliphatic carbocycles. The number of hydrogen-bond acceptors (Lipinski definition) is 5. The van der Waals surface area contributed by atoms with Gasteiger partial charge >= 0.3 is 5.97 Å². The second kappa shape index (κ2) is 13.0. The van der Waals surface area contributed by atoms with Crippen LogP contribution in [0.5, 0.6) is 5.75 Å². The highest BCUT2D eigenvalue weighted by Gasteiger charge is 2.63. The Morgan fingerprint density at radius 2 is 1.70 bits per heavy atom. The van der Waals surface area contributed by atoms with E-state index < -0.39 is 8.07 Å². The van der Waals surface area contributed by atoms with Crippen LogP contribution in [0, 0.1) is 46.3 Å². The number of benzene rings is 1. The summed E-state index contributed by atoms with van der Waals surface area (Å²) in [5.74, 6) is 4.12. The molecule has 0 radical (unpaired) electrons. The fraction of sp³-hybridized carbons (Fsp3) is 0.784. The van der Waals surface area contributed by atoms with Gasteiger partial charge in [-0.25, -0.2) is 0 Å². The monoisotopic (exact) mass is 610 g/mol. The first-order valence-corrected chi connectivity index (χ1v) is 21.0. The molecule has 9 atom stereocenters. The van der Waals surface area contributed by atoms with Gasteiger partial charge in [-0.05, 0) is 116 Å². The normalized spacial score (nSPS) is 36.3. The van der Waals surface area contributed by atoms with Crippen molar-refractivity contribution in [1.29, 1.82) is 0 Å². The van der Waals surface area contributed by atoms with Crippen molar-refractivity contribution in [3.8, 4) is 5.75 Å². The minimum Gasteiger partial charge on any atom is -0.497 e. The predicted molar refractivity (Wildman–Crippen MR) is 175 cm³/mol. The average molecular weight is 611 g/mol. The molecule has 5 nitrogen and oxygen atoms in total. The zero-order valence-electron chi connectivity index (χ0n) is 28.1. The van der Waals surface area contributed by atoms with Crippen LogP contribution in [-0.4, -0.2) is 39.6 Å². The molecule has 0 bridgehead atoms. The van der Waals surface area contributed by atoms with E-state index in [1.54, 1.807) is 7.11 Å². The molecule has 4 fully saturated rings. The van der Waals surface area contributed by atoms with Gasteiger partial charge in [0, 0.05) is 26.8 Å². The van der Waals surface area contributed by atoms with Crippen LogP contribution in [0.15, 0.2) is 24.3 Å². The van der Waals surface area contributed by atoms with Crippen molar-refractivity contribution in [2.45, 2.75) is 123 Å². The summed E-state index contributed by atoms with van der Waals surface area (Å²) >= 11 is 0. The van der Waals surface area contributed by atoms with Crippen LogP contribution in [0.3, 0.4) is 0 Å². The molecule has 0 unspecified atom stereocenters. The lowest BCUT2D eigenvalue weighted by molar-refractivity contribution is -0.163. The zero-order chi connectivity index (χ0) is 31.0. The summed E-state index contributed by atoms with van der Waals surface area (Å²) in [5, 5.41) is 0. The Kier molecular flexibility index (Phi) is 9.88. The number of carbonyl (C=O) groups is 2. The van der Waals surface area contributed by atoms with E-state index in [9.17, 15) is 9.59 Å². The van der Waals surface area contributed by atoms with E-state index in [2.05, 4.69) is 52.5 Å². The summed E-state index contributed by atoms with van der Waals surface area (Å²) in [6.07, 6.45) is 10.4. The lowest BCUT2D eigenvalue weighted by atomic mass is 9.44. The van der Waals surface area contributed by atoms with Crippen LogP contribution in [0.25, 0.3) is 0 Å². The molecule has 0 aromatic heterocycles. The first-order chi connectivity index (χ1) is 20.3. The number of ketones is 1. The first-order valence-electron chi connectivity index (χ1n) is 17.3. The average Bonchev–Trinajstić information content (AvgIpc) is 3.32. The first kappa shape index (κ1) is 32.7. The van der Waals surface area contributed by atoms with Crippen LogP contribution in [0.1, 0.15) is 90.5 Å². The number of esters is 1. The Labute approximate surface area is 262 Å². The van der Waals surface area contributed by atoms with Gasteiger partial charge in [0.2, 0.25) is 0 Å². The zero-order valence-corrected chi connectivity index (χ0v) is 29.1. The van der Waals surface area contributed by atoms with Gasteiger partial charge in [-0.2, -0.15) is 0 Å². The molecule has 5 rings (SSSR count). The van der Waals surface area contributed by atoms with Gasteiger partial charge in [0.05, 0.1) is 26.4 Å².